The maximum Gasteiger partial charge on any atom is 0.472 e. The molecule has 3 N–H and O–H groups in total. The molecule has 0 aliphatic heterocycles. The highest BCUT2D eigenvalue weighted by atomic mass is 31.2. The summed E-state index contributed by atoms with van der Waals surface area (Å²) in [6, 6.07) is 0. The molecule has 17 nitrogen and oxygen atoms in total. The maximum absolute atomic E-state index is 13.1. The Bertz CT molecular complexity index is 2610. The van der Waals surface area contributed by atoms with Crippen molar-refractivity contribution >= 4 is 39.5 Å². The normalized spacial score (nSPS) is 14.5. The fraction of sp³-hybridized carbons (Fsp3) is 0.685. The first kappa shape index (κ1) is 103. The molecule has 618 valence electrons. The number of rotatable bonds is 78. The molecule has 108 heavy (non-hydrogen) atoms. The number of hydrogen-bond donors (Lipinski definition) is 3. The van der Waals surface area contributed by atoms with E-state index < -0.39 is 97.5 Å². The van der Waals surface area contributed by atoms with E-state index in [1.54, 1.807) is 0 Å². The molecule has 0 saturated heterocycles. The molecule has 0 aromatic carbocycles. The van der Waals surface area contributed by atoms with Crippen molar-refractivity contribution in [3.8, 4) is 0 Å². The summed E-state index contributed by atoms with van der Waals surface area (Å²) >= 11 is 0. The van der Waals surface area contributed by atoms with Gasteiger partial charge >= 0.3 is 39.5 Å². The molecule has 19 heteroatoms. The standard InChI is InChI=1S/C89H150O17P2/c1-5-9-13-17-21-25-29-33-36-39-41-44-47-51-54-58-62-66-70-74-87(92)100-80-85(106-89(94)76-72-68-64-60-56-52-48-45-42-40-37-34-30-26-22-18-14-10-6-2)82-104-108(97,98)102-78-83(90)77-101-107(95,96)103-81-84(105-88(93)75-71-67-63-59-55-49-32-28-24-20-16-12-8-4)79-99-86(91)73-69-65-61-57-53-50-46-43-38-35-31-27-23-19-15-11-7-3/h9,11,13,15,21-23,25-28,32-38,41-42,44-46,50,83-85,90H,5-8,10,12,14,16-20,24,29-31,39-40,43,47-49,51-82H2,1-4H3,(H,95,96)(H,97,98)/b13-9-,15-11-,25-21-,26-22-,27-23-,32-28-,36-33-,37-34-,38-35-,44-41-,45-42-,50-46-. The van der Waals surface area contributed by atoms with E-state index in [-0.39, 0.29) is 25.7 Å². The molecule has 5 unspecified atom stereocenters. The number of aliphatic hydroxyl groups is 1. The van der Waals surface area contributed by atoms with Gasteiger partial charge in [0, 0.05) is 25.7 Å². The van der Waals surface area contributed by atoms with Crippen LogP contribution in [0.15, 0.2) is 146 Å². The van der Waals surface area contributed by atoms with Gasteiger partial charge in [0.2, 0.25) is 0 Å². The van der Waals surface area contributed by atoms with Crippen molar-refractivity contribution in [1.29, 1.82) is 0 Å². The Balaban J connectivity index is 5.42. The van der Waals surface area contributed by atoms with Crippen LogP contribution in [0.1, 0.15) is 336 Å². The zero-order valence-electron chi connectivity index (χ0n) is 67.7. The summed E-state index contributed by atoms with van der Waals surface area (Å²) in [5, 5.41) is 10.7. The predicted molar refractivity (Wildman–Crippen MR) is 445 cm³/mol. The Labute approximate surface area is 656 Å². The lowest BCUT2D eigenvalue weighted by Crippen LogP contribution is -2.30. The van der Waals surface area contributed by atoms with Gasteiger partial charge in [-0.25, -0.2) is 9.13 Å². The minimum Gasteiger partial charge on any atom is -0.462 e. The molecule has 0 spiro atoms. The van der Waals surface area contributed by atoms with E-state index in [4.69, 9.17) is 37.0 Å². The molecule has 5 atom stereocenters. The van der Waals surface area contributed by atoms with Gasteiger partial charge in [0.25, 0.3) is 0 Å². The second kappa shape index (κ2) is 80.0. The summed E-state index contributed by atoms with van der Waals surface area (Å²) < 4.78 is 68.7. The Morgan fingerprint density at radius 1 is 0.269 bits per heavy atom. The van der Waals surface area contributed by atoms with Gasteiger partial charge in [-0.1, -0.05) is 289 Å². The van der Waals surface area contributed by atoms with Crippen molar-refractivity contribution in [3.05, 3.63) is 146 Å². The highest BCUT2D eigenvalue weighted by Gasteiger charge is 2.30. The smallest absolute Gasteiger partial charge is 0.462 e. The van der Waals surface area contributed by atoms with E-state index >= 15 is 0 Å². The van der Waals surface area contributed by atoms with Crippen molar-refractivity contribution in [1.82, 2.24) is 0 Å². The van der Waals surface area contributed by atoms with Gasteiger partial charge in [-0.2, -0.15) is 0 Å². The predicted octanol–water partition coefficient (Wildman–Crippen LogP) is 25.0. The zero-order valence-corrected chi connectivity index (χ0v) is 69.5. The minimum absolute atomic E-state index is 0.0728. The second-order valence-corrected chi connectivity index (χ2v) is 30.6. The lowest BCUT2D eigenvalue weighted by molar-refractivity contribution is -0.161. The molecule has 0 aromatic heterocycles. The third-order valence-electron chi connectivity index (χ3n) is 17.3. The topological polar surface area (TPSA) is 237 Å². The number of aliphatic hydroxyl groups excluding tert-OH is 1. The van der Waals surface area contributed by atoms with E-state index in [0.717, 1.165) is 212 Å². The Morgan fingerprint density at radius 2 is 0.481 bits per heavy atom. The lowest BCUT2D eigenvalue weighted by atomic mass is 10.1. The monoisotopic (exact) mass is 1550 g/mol. The van der Waals surface area contributed by atoms with E-state index in [0.29, 0.717) is 25.7 Å². The quantitative estimate of drug-likeness (QED) is 0.0169. The van der Waals surface area contributed by atoms with Crippen LogP contribution in [-0.2, 0) is 65.4 Å². The van der Waals surface area contributed by atoms with Gasteiger partial charge in [-0.3, -0.25) is 37.3 Å². The Kier molecular flexibility index (Phi) is 76.3. The van der Waals surface area contributed by atoms with Crippen LogP contribution >= 0.6 is 15.6 Å². The van der Waals surface area contributed by atoms with Crippen LogP contribution in [0.5, 0.6) is 0 Å². The highest BCUT2D eigenvalue weighted by Crippen LogP contribution is 2.45. The molecule has 0 rings (SSSR count). The van der Waals surface area contributed by atoms with Gasteiger partial charge in [-0.15, -0.1) is 0 Å². The number of allylic oxidation sites excluding steroid dienone is 24. The molecule has 0 radical (unpaired) electrons. The Morgan fingerprint density at radius 3 is 0.769 bits per heavy atom. The fourth-order valence-corrected chi connectivity index (χ4v) is 12.5. The number of carbonyl (C=O) groups is 4. The number of esters is 4. The van der Waals surface area contributed by atoms with E-state index in [9.17, 15) is 43.2 Å². The van der Waals surface area contributed by atoms with Crippen molar-refractivity contribution in [2.24, 2.45) is 0 Å². The van der Waals surface area contributed by atoms with Crippen molar-refractivity contribution < 1.29 is 80.2 Å². The molecule has 0 fully saturated rings. The van der Waals surface area contributed by atoms with Crippen molar-refractivity contribution in [2.75, 3.05) is 39.6 Å². The van der Waals surface area contributed by atoms with Crippen LogP contribution in [0.25, 0.3) is 0 Å². The Hall–Kier alpha value is -5.06. The third-order valence-corrected chi connectivity index (χ3v) is 19.2. The second-order valence-electron chi connectivity index (χ2n) is 27.6. The average Bonchev–Trinajstić information content (AvgIpc) is 0.892. The molecular weight excluding hydrogens is 1400 g/mol. The van der Waals surface area contributed by atoms with Gasteiger partial charge in [-0.05, 0) is 167 Å². The van der Waals surface area contributed by atoms with Crippen LogP contribution in [0.4, 0.5) is 0 Å². The van der Waals surface area contributed by atoms with Gasteiger partial charge < -0.3 is 33.8 Å². The van der Waals surface area contributed by atoms with Crippen LogP contribution in [-0.4, -0.2) is 96.7 Å². The first-order valence-electron chi connectivity index (χ1n) is 42.1. The van der Waals surface area contributed by atoms with Crippen LogP contribution in [0.3, 0.4) is 0 Å². The van der Waals surface area contributed by atoms with Crippen LogP contribution in [0.2, 0.25) is 0 Å². The summed E-state index contributed by atoms with van der Waals surface area (Å²) in [5.41, 5.74) is 0. The summed E-state index contributed by atoms with van der Waals surface area (Å²) in [7, 11) is -9.99. The number of unbranched alkanes of at least 4 members (excludes halogenated alkanes) is 28. The maximum atomic E-state index is 13.1. The van der Waals surface area contributed by atoms with Crippen molar-refractivity contribution in [3.63, 3.8) is 0 Å². The van der Waals surface area contributed by atoms with Crippen LogP contribution in [0, 0.1) is 0 Å². The number of phosphoric ester groups is 2. The van der Waals surface area contributed by atoms with Crippen LogP contribution < -0.4 is 0 Å². The van der Waals surface area contributed by atoms with Gasteiger partial charge in [0.15, 0.2) is 12.2 Å². The van der Waals surface area contributed by atoms with E-state index in [1.165, 1.54) is 44.9 Å². The van der Waals surface area contributed by atoms with Gasteiger partial charge in [0.05, 0.1) is 26.4 Å². The molecule has 0 aliphatic carbocycles. The van der Waals surface area contributed by atoms with E-state index in [2.05, 4.69) is 174 Å². The summed E-state index contributed by atoms with van der Waals surface area (Å²) in [5.74, 6) is -2.24. The van der Waals surface area contributed by atoms with E-state index in [1.807, 2.05) is 0 Å². The molecule has 0 bridgehead atoms. The number of phosphoric acid groups is 2. The molecule has 0 heterocycles. The van der Waals surface area contributed by atoms with Crippen molar-refractivity contribution in [2.45, 2.75) is 354 Å². The SMILES string of the molecule is CC/C=C\C/C=C\C/C=C\C/C=C\CCCCCCCCC(=O)OCC(COP(=O)(O)OCC(O)COP(=O)(O)OCC(COC(=O)CCCCCC/C=C\C/C=C\C/C=C\C/C=C\CC)OC(=O)CCCCCCC/C=C\CCCCCC)OC(=O)CCCCCCCC/C=C\C/C=C\C/C=C\CCCCC. The number of carbonyl (C=O) groups excluding carboxylic acids is 4. The minimum atomic E-state index is -5.00. The summed E-state index contributed by atoms with van der Waals surface area (Å²) in [4.78, 5) is 73.2. The first-order chi connectivity index (χ1) is 52.7. The number of hydrogen-bond acceptors (Lipinski definition) is 15. The largest absolute Gasteiger partial charge is 0.472 e. The molecule has 0 saturated carbocycles. The lowest BCUT2D eigenvalue weighted by Gasteiger charge is -2.21. The molecule has 0 aromatic rings. The van der Waals surface area contributed by atoms with Gasteiger partial charge in [0.1, 0.15) is 19.3 Å². The number of ether oxygens (including phenoxy) is 4. The molecular formula is C89H150O17P2. The summed E-state index contributed by atoms with van der Waals surface area (Å²) in [6.45, 7) is 4.56. The third kappa shape index (κ3) is 79.0. The fourth-order valence-electron chi connectivity index (χ4n) is 10.9. The zero-order chi connectivity index (χ0) is 78.9. The highest BCUT2D eigenvalue weighted by molar-refractivity contribution is 7.47. The average molecular weight is 1550 g/mol. The summed E-state index contributed by atoms with van der Waals surface area (Å²) in [6.07, 6.45) is 92.3. The molecule has 0 amide bonds. The molecule has 0 aliphatic rings. The first-order valence-corrected chi connectivity index (χ1v) is 45.1.